The van der Waals surface area contributed by atoms with Crippen molar-refractivity contribution in [3.63, 3.8) is 0 Å². The molecule has 0 aliphatic rings. The Kier molecular flexibility index (Phi) is 8.02. The number of aryl methyl sites for hydroxylation is 1. The standard InChI is InChI=1S/C20H28N4O5/c1-6-24(12-14-8-9-16(27-4)17(10-14)28-5)13-18(25)22-19-15(11-21-23(19)3)20(26)29-7-2/h8-11H,6-7,12-13H2,1-5H3,(H,22,25). The number of carbonyl (C=O) groups is 2. The van der Waals surface area contributed by atoms with Crippen molar-refractivity contribution in [2.24, 2.45) is 7.05 Å². The highest BCUT2D eigenvalue weighted by molar-refractivity contribution is 6.00. The number of nitrogens with one attached hydrogen (secondary N) is 1. The van der Waals surface area contributed by atoms with Crippen LogP contribution in [-0.2, 0) is 23.1 Å². The van der Waals surface area contributed by atoms with E-state index in [0.29, 0.717) is 30.4 Å². The SMILES string of the molecule is CCOC(=O)c1cnn(C)c1NC(=O)CN(CC)Cc1ccc(OC)c(OC)c1. The number of esters is 1. The summed E-state index contributed by atoms with van der Waals surface area (Å²) in [5.74, 6) is 0.838. The molecule has 9 heteroatoms. The van der Waals surface area contributed by atoms with Crippen molar-refractivity contribution >= 4 is 17.7 Å². The maximum absolute atomic E-state index is 12.6. The van der Waals surface area contributed by atoms with Gasteiger partial charge in [0.05, 0.1) is 33.6 Å². The van der Waals surface area contributed by atoms with Crippen LogP contribution in [0.4, 0.5) is 5.82 Å². The van der Waals surface area contributed by atoms with Crippen molar-refractivity contribution < 1.29 is 23.8 Å². The number of anilines is 1. The molecule has 0 aliphatic carbocycles. The number of ether oxygens (including phenoxy) is 3. The van der Waals surface area contributed by atoms with Gasteiger partial charge < -0.3 is 19.5 Å². The number of nitrogens with zero attached hydrogens (tertiary/aromatic N) is 3. The highest BCUT2D eigenvalue weighted by Gasteiger charge is 2.20. The van der Waals surface area contributed by atoms with Crippen LogP contribution >= 0.6 is 0 Å². The van der Waals surface area contributed by atoms with Crippen LogP contribution in [0.2, 0.25) is 0 Å². The molecule has 1 aromatic carbocycles. The lowest BCUT2D eigenvalue weighted by molar-refractivity contribution is -0.117. The van der Waals surface area contributed by atoms with E-state index < -0.39 is 5.97 Å². The predicted octanol–water partition coefficient (Wildman–Crippen LogP) is 2.07. The minimum atomic E-state index is -0.520. The molecule has 9 nitrogen and oxygen atoms in total. The molecule has 0 spiro atoms. The number of methoxy groups -OCH3 is 2. The molecule has 0 atom stereocenters. The summed E-state index contributed by atoms with van der Waals surface area (Å²) in [5, 5.41) is 6.80. The first-order valence-electron chi connectivity index (χ1n) is 9.35. The van der Waals surface area contributed by atoms with Gasteiger partial charge in [-0.2, -0.15) is 5.10 Å². The van der Waals surface area contributed by atoms with E-state index in [1.165, 1.54) is 10.9 Å². The van der Waals surface area contributed by atoms with E-state index in [4.69, 9.17) is 14.2 Å². The third kappa shape index (κ3) is 5.71. The molecule has 29 heavy (non-hydrogen) atoms. The van der Waals surface area contributed by atoms with Gasteiger partial charge in [-0.05, 0) is 31.2 Å². The van der Waals surface area contributed by atoms with Crippen LogP contribution in [0.5, 0.6) is 11.5 Å². The van der Waals surface area contributed by atoms with Crippen LogP contribution in [-0.4, -0.2) is 60.5 Å². The fourth-order valence-corrected chi connectivity index (χ4v) is 2.84. The second kappa shape index (κ2) is 10.5. The predicted molar refractivity (Wildman–Crippen MR) is 108 cm³/mol. The maximum atomic E-state index is 12.6. The average Bonchev–Trinajstić information content (AvgIpc) is 3.07. The van der Waals surface area contributed by atoms with Gasteiger partial charge in [-0.25, -0.2) is 4.79 Å². The van der Waals surface area contributed by atoms with E-state index in [0.717, 1.165) is 5.56 Å². The van der Waals surface area contributed by atoms with E-state index >= 15 is 0 Å². The number of likely N-dealkylation sites (N-methyl/N-ethyl adjacent to an activating group) is 1. The van der Waals surface area contributed by atoms with Crippen LogP contribution in [0.3, 0.4) is 0 Å². The molecule has 158 valence electrons. The van der Waals surface area contributed by atoms with Crippen molar-refractivity contribution in [1.29, 1.82) is 0 Å². The first kappa shape index (κ1) is 22.2. The Labute approximate surface area is 170 Å². The second-order valence-corrected chi connectivity index (χ2v) is 6.29. The molecule has 0 unspecified atom stereocenters. The lowest BCUT2D eigenvalue weighted by Gasteiger charge is -2.21. The molecule has 2 aromatic rings. The molecule has 1 aromatic heterocycles. The largest absolute Gasteiger partial charge is 0.493 e. The molecule has 0 saturated heterocycles. The zero-order valence-corrected chi connectivity index (χ0v) is 17.5. The van der Waals surface area contributed by atoms with Gasteiger partial charge in [0.1, 0.15) is 11.4 Å². The van der Waals surface area contributed by atoms with Crippen LogP contribution < -0.4 is 14.8 Å². The molecule has 1 amide bonds. The van der Waals surface area contributed by atoms with E-state index in [1.807, 2.05) is 30.0 Å². The molecule has 0 radical (unpaired) electrons. The van der Waals surface area contributed by atoms with Crippen molar-refractivity contribution in [2.45, 2.75) is 20.4 Å². The van der Waals surface area contributed by atoms with Crippen molar-refractivity contribution in [1.82, 2.24) is 14.7 Å². The first-order chi connectivity index (χ1) is 13.9. The smallest absolute Gasteiger partial charge is 0.343 e. The zero-order chi connectivity index (χ0) is 21.4. The summed E-state index contributed by atoms with van der Waals surface area (Å²) < 4.78 is 17.0. The number of rotatable bonds is 10. The minimum Gasteiger partial charge on any atom is -0.493 e. The summed E-state index contributed by atoms with van der Waals surface area (Å²) in [6.07, 6.45) is 1.38. The molecule has 0 saturated carbocycles. The van der Waals surface area contributed by atoms with Crippen molar-refractivity contribution in [2.75, 3.05) is 39.2 Å². The number of aromatic nitrogens is 2. The summed E-state index contributed by atoms with van der Waals surface area (Å²) in [6, 6.07) is 5.66. The van der Waals surface area contributed by atoms with Gasteiger partial charge in [-0.1, -0.05) is 13.0 Å². The quantitative estimate of drug-likeness (QED) is 0.606. The Morgan fingerprint density at radius 1 is 1.17 bits per heavy atom. The van der Waals surface area contributed by atoms with Crippen LogP contribution in [0.25, 0.3) is 0 Å². The lowest BCUT2D eigenvalue weighted by atomic mass is 10.2. The number of amides is 1. The zero-order valence-electron chi connectivity index (χ0n) is 17.5. The van der Waals surface area contributed by atoms with Gasteiger partial charge in [0.2, 0.25) is 5.91 Å². The number of benzene rings is 1. The van der Waals surface area contributed by atoms with E-state index in [9.17, 15) is 9.59 Å². The topological polar surface area (TPSA) is 94.9 Å². The van der Waals surface area contributed by atoms with Gasteiger partial charge in [0.25, 0.3) is 0 Å². The van der Waals surface area contributed by atoms with Crippen molar-refractivity contribution in [3.05, 3.63) is 35.5 Å². The Bertz CT molecular complexity index is 849. The molecule has 1 N–H and O–H groups in total. The van der Waals surface area contributed by atoms with Crippen molar-refractivity contribution in [3.8, 4) is 11.5 Å². The summed E-state index contributed by atoms with van der Waals surface area (Å²) in [7, 11) is 4.82. The molecular weight excluding hydrogens is 376 g/mol. The molecular formula is C20H28N4O5. The van der Waals surface area contributed by atoms with Gasteiger partial charge >= 0.3 is 5.97 Å². The monoisotopic (exact) mass is 404 g/mol. The van der Waals surface area contributed by atoms with E-state index in [2.05, 4.69) is 10.4 Å². The van der Waals surface area contributed by atoms with Gasteiger partial charge in [-0.15, -0.1) is 0 Å². The summed E-state index contributed by atoms with van der Waals surface area (Å²) in [5.41, 5.74) is 1.22. The van der Waals surface area contributed by atoms with Gasteiger partial charge in [0.15, 0.2) is 11.5 Å². The highest BCUT2D eigenvalue weighted by Crippen LogP contribution is 2.28. The minimum absolute atomic E-state index is 0.151. The van der Waals surface area contributed by atoms with E-state index in [1.54, 1.807) is 28.2 Å². The molecule has 1 heterocycles. The Morgan fingerprint density at radius 3 is 2.52 bits per heavy atom. The fraction of sp³-hybridized carbons (Fsp3) is 0.450. The highest BCUT2D eigenvalue weighted by atomic mass is 16.5. The van der Waals surface area contributed by atoms with Crippen LogP contribution in [0, 0.1) is 0 Å². The summed E-state index contributed by atoms with van der Waals surface area (Å²) in [4.78, 5) is 26.6. The molecule has 0 aliphatic heterocycles. The molecule has 2 rings (SSSR count). The van der Waals surface area contributed by atoms with Gasteiger partial charge in [0, 0.05) is 13.6 Å². The van der Waals surface area contributed by atoms with Crippen LogP contribution in [0.1, 0.15) is 29.8 Å². The summed E-state index contributed by atoms with van der Waals surface area (Å²) in [6.45, 7) is 5.31. The Morgan fingerprint density at radius 2 is 1.90 bits per heavy atom. The Hall–Kier alpha value is -3.07. The number of hydrogen-bond donors (Lipinski definition) is 1. The normalized spacial score (nSPS) is 10.7. The number of hydrogen-bond acceptors (Lipinski definition) is 7. The lowest BCUT2D eigenvalue weighted by Crippen LogP contribution is -2.33. The average molecular weight is 404 g/mol. The fourth-order valence-electron chi connectivity index (χ4n) is 2.84. The maximum Gasteiger partial charge on any atom is 0.343 e. The molecule has 0 fully saturated rings. The summed E-state index contributed by atoms with van der Waals surface area (Å²) >= 11 is 0. The van der Waals surface area contributed by atoms with E-state index in [-0.39, 0.29) is 24.6 Å². The Balaban J connectivity index is 2.06. The third-order valence-corrected chi connectivity index (χ3v) is 4.36. The first-order valence-corrected chi connectivity index (χ1v) is 9.35. The van der Waals surface area contributed by atoms with Crippen LogP contribution in [0.15, 0.2) is 24.4 Å². The van der Waals surface area contributed by atoms with Gasteiger partial charge in [-0.3, -0.25) is 14.4 Å². The second-order valence-electron chi connectivity index (χ2n) is 6.29. The molecule has 0 bridgehead atoms. The number of carbonyl (C=O) groups excluding carboxylic acids is 2. The third-order valence-electron chi connectivity index (χ3n) is 4.36.